The maximum atomic E-state index is 15.3. The van der Waals surface area contributed by atoms with E-state index in [2.05, 4.69) is 4.99 Å². The fourth-order valence-corrected chi connectivity index (χ4v) is 4.67. The quantitative estimate of drug-likeness (QED) is 0.761. The van der Waals surface area contributed by atoms with Crippen LogP contribution >= 0.6 is 0 Å². The molecule has 2 aromatic rings. The van der Waals surface area contributed by atoms with Crippen LogP contribution in [-0.4, -0.2) is 29.9 Å². The molecule has 7 heteroatoms. The van der Waals surface area contributed by atoms with E-state index < -0.39 is 11.4 Å². The Morgan fingerprint density at radius 1 is 1.21 bits per heavy atom. The predicted molar refractivity (Wildman–Crippen MR) is 105 cm³/mol. The second-order valence-corrected chi connectivity index (χ2v) is 8.56. The fourth-order valence-electron chi connectivity index (χ4n) is 4.67. The first kappa shape index (κ1) is 18.2. The SMILES string of the molecule is CC1(C)C[C@H](c2cc(F)c3c(c2)[C@]2(COC(N)=N2)c2cc(O)ccc2O3)CCO1. The van der Waals surface area contributed by atoms with Crippen molar-refractivity contribution >= 4 is 6.02 Å². The van der Waals surface area contributed by atoms with E-state index in [0.29, 0.717) is 23.5 Å². The van der Waals surface area contributed by atoms with Gasteiger partial charge in [0.1, 0.15) is 18.1 Å². The highest BCUT2D eigenvalue weighted by atomic mass is 19.1. The maximum Gasteiger partial charge on any atom is 0.283 e. The van der Waals surface area contributed by atoms with Gasteiger partial charge in [-0.15, -0.1) is 0 Å². The van der Waals surface area contributed by atoms with Crippen LogP contribution in [0.1, 0.15) is 49.3 Å². The highest BCUT2D eigenvalue weighted by Gasteiger charge is 2.48. The molecule has 3 aliphatic rings. The van der Waals surface area contributed by atoms with E-state index in [1.165, 1.54) is 6.07 Å². The van der Waals surface area contributed by atoms with Gasteiger partial charge in [-0.3, -0.25) is 0 Å². The molecule has 1 saturated heterocycles. The predicted octanol–water partition coefficient (Wildman–Crippen LogP) is 3.90. The van der Waals surface area contributed by atoms with Crippen molar-refractivity contribution in [3.63, 3.8) is 0 Å². The van der Waals surface area contributed by atoms with Crippen LogP contribution in [0, 0.1) is 5.82 Å². The van der Waals surface area contributed by atoms with Gasteiger partial charge < -0.3 is 25.1 Å². The van der Waals surface area contributed by atoms with E-state index in [4.69, 9.17) is 19.9 Å². The minimum absolute atomic E-state index is 0.0325. The highest BCUT2D eigenvalue weighted by molar-refractivity contribution is 5.77. The lowest BCUT2D eigenvalue weighted by Gasteiger charge is -2.37. The van der Waals surface area contributed by atoms with Crippen molar-refractivity contribution in [2.24, 2.45) is 10.7 Å². The van der Waals surface area contributed by atoms with Crippen LogP contribution in [0.15, 0.2) is 35.3 Å². The van der Waals surface area contributed by atoms with Crippen LogP contribution in [0.2, 0.25) is 0 Å². The van der Waals surface area contributed by atoms with E-state index in [-0.39, 0.29) is 35.6 Å². The second kappa shape index (κ2) is 6.10. The Kier molecular flexibility index (Phi) is 3.84. The summed E-state index contributed by atoms with van der Waals surface area (Å²) < 4.78 is 32.5. The number of halogens is 1. The standard InChI is InChI=1S/C22H23FN2O4/c1-21(2)10-12(5-6-28-21)13-7-16-19(17(23)8-13)29-18-4-3-14(26)9-15(18)22(16)11-27-20(24)25-22/h3-4,7-9,12,26H,5-6,10-11H2,1-2H3,(H2,24,25)/t12-,22+/m1/s1. The third-order valence-corrected chi connectivity index (χ3v) is 6.03. The molecule has 2 aromatic carbocycles. The van der Waals surface area contributed by atoms with E-state index in [1.54, 1.807) is 18.2 Å². The van der Waals surface area contributed by atoms with Crippen molar-refractivity contribution in [1.82, 2.24) is 0 Å². The van der Waals surface area contributed by atoms with Gasteiger partial charge in [0.15, 0.2) is 17.1 Å². The van der Waals surface area contributed by atoms with Gasteiger partial charge in [0.2, 0.25) is 0 Å². The van der Waals surface area contributed by atoms with Crippen LogP contribution in [0.25, 0.3) is 0 Å². The van der Waals surface area contributed by atoms with Gasteiger partial charge >= 0.3 is 0 Å². The highest BCUT2D eigenvalue weighted by Crippen LogP contribution is 2.53. The van der Waals surface area contributed by atoms with E-state index >= 15 is 4.39 Å². The Balaban J connectivity index is 1.69. The molecule has 0 aromatic heterocycles. The van der Waals surface area contributed by atoms with Gasteiger partial charge in [-0.25, -0.2) is 9.38 Å². The molecule has 5 rings (SSSR count). The molecule has 3 aliphatic heterocycles. The molecule has 0 amide bonds. The number of aromatic hydroxyl groups is 1. The molecular formula is C22H23FN2O4. The minimum atomic E-state index is -1.05. The van der Waals surface area contributed by atoms with Gasteiger partial charge in [-0.05, 0) is 68.5 Å². The van der Waals surface area contributed by atoms with Crippen molar-refractivity contribution in [3.05, 3.63) is 52.8 Å². The zero-order valence-corrected chi connectivity index (χ0v) is 16.4. The first-order valence-corrected chi connectivity index (χ1v) is 9.75. The Morgan fingerprint density at radius 2 is 2.03 bits per heavy atom. The van der Waals surface area contributed by atoms with Gasteiger partial charge in [0.05, 0.1) is 5.60 Å². The minimum Gasteiger partial charge on any atom is -0.508 e. The molecule has 1 fully saturated rings. The molecule has 1 spiro atoms. The van der Waals surface area contributed by atoms with E-state index in [1.807, 2.05) is 19.9 Å². The number of benzene rings is 2. The molecular weight excluding hydrogens is 375 g/mol. The molecule has 2 atom stereocenters. The lowest BCUT2D eigenvalue weighted by atomic mass is 9.77. The largest absolute Gasteiger partial charge is 0.508 e. The summed E-state index contributed by atoms with van der Waals surface area (Å²) in [6.07, 6.45) is 1.60. The molecule has 29 heavy (non-hydrogen) atoms. The number of phenolic OH excluding ortho intramolecular Hbond substituents is 1. The monoisotopic (exact) mass is 398 g/mol. The van der Waals surface area contributed by atoms with Gasteiger partial charge in [-0.2, -0.15) is 0 Å². The zero-order chi connectivity index (χ0) is 20.4. The number of rotatable bonds is 1. The van der Waals surface area contributed by atoms with E-state index in [0.717, 1.165) is 18.4 Å². The van der Waals surface area contributed by atoms with E-state index in [9.17, 15) is 5.11 Å². The van der Waals surface area contributed by atoms with Gasteiger partial charge in [-0.1, -0.05) is 0 Å². The summed E-state index contributed by atoms with van der Waals surface area (Å²) >= 11 is 0. The zero-order valence-electron chi connectivity index (χ0n) is 16.4. The third-order valence-electron chi connectivity index (χ3n) is 6.03. The summed E-state index contributed by atoms with van der Waals surface area (Å²) in [6, 6.07) is 8.21. The van der Waals surface area contributed by atoms with Crippen molar-refractivity contribution in [1.29, 1.82) is 0 Å². The first-order chi connectivity index (χ1) is 13.8. The Bertz CT molecular complexity index is 1040. The number of phenols is 1. The lowest BCUT2D eigenvalue weighted by Crippen LogP contribution is -2.34. The number of aliphatic imine (C=N–C) groups is 1. The summed E-state index contributed by atoms with van der Waals surface area (Å²) in [5, 5.41) is 10.1. The average molecular weight is 398 g/mol. The summed E-state index contributed by atoms with van der Waals surface area (Å²) in [7, 11) is 0. The average Bonchev–Trinajstić information content (AvgIpc) is 3.05. The number of fused-ring (bicyclic) bond motifs is 4. The normalized spacial score (nSPS) is 26.9. The van der Waals surface area contributed by atoms with Gasteiger partial charge in [0, 0.05) is 17.7 Å². The molecule has 0 saturated carbocycles. The molecule has 3 N–H and O–H groups in total. The van der Waals surface area contributed by atoms with Crippen LogP contribution in [0.5, 0.6) is 17.2 Å². The van der Waals surface area contributed by atoms with Crippen LogP contribution in [-0.2, 0) is 15.0 Å². The molecule has 3 heterocycles. The topological polar surface area (TPSA) is 86.3 Å². The van der Waals surface area contributed by atoms with Crippen LogP contribution in [0.3, 0.4) is 0 Å². The van der Waals surface area contributed by atoms with Crippen molar-refractivity contribution in [2.75, 3.05) is 13.2 Å². The lowest BCUT2D eigenvalue weighted by molar-refractivity contribution is -0.0593. The molecule has 0 aliphatic carbocycles. The van der Waals surface area contributed by atoms with Crippen molar-refractivity contribution < 1.29 is 23.7 Å². The molecule has 6 nitrogen and oxygen atoms in total. The number of hydrogen-bond donors (Lipinski definition) is 2. The Hall–Kier alpha value is -2.80. The maximum absolute atomic E-state index is 15.3. The molecule has 0 bridgehead atoms. The summed E-state index contributed by atoms with van der Waals surface area (Å²) in [6.45, 7) is 4.84. The number of amidine groups is 1. The van der Waals surface area contributed by atoms with Crippen molar-refractivity contribution in [3.8, 4) is 17.2 Å². The number of nitrogens with zero attached hydrogens (tertiary/aromatic N) is 1. The number of nitrogens with two attached hydrogens (primary N) is 1. The number of ether oxygens (including phenoxy) is 3. The smallest absolute Gasteiger partial charge is 0.283 e. The summed E-state index contributed by atoms with van der Waals surface area (Å²) in [5.41, 5.74) is 6.60. The molecule has 0 radical (unpaired) electrons. The van der Waals surface area contributed by atoms with Crippen LogP contribution < -0.4 is 10.5 Å². The van der Waals surface area contributed by atoms with Crippen LogP contribution in [0.4, 0.5) is 4.39 Å². The molecule has 0 unspecified atom stereocenters. The summed E-state index contributed by atoms with van der Waals surface area (Å²) in [4.78, 5) is 4.55. The Morgan fingerprint density at radius 3 is 2.76 bits per heavy atom. The second-order valence-electron chi connectivity index (χ2n) is 8.56. The first-order valence-electron chi connectivity index (χ1n) is 9.75. The number of hydrogen-bond acceptors (Lipinski definition) is 6. The van der Waals surface area contributed by atoms with Crippen molar-refractivity contribution in [2.45, 2.75) is 43.7 Å². The third kappa shape index (κ3) is 2.83. The summed E-state index contributed by atoms with van der Waals surface area (Å²) in [5.74, 6) is 0.334. The van der Waals surface area contributed by atoms with Gasteiger partial charge in [0.25, 0.3) is 6.02 Å². The molecule has 152 valence electrons. The Labute approximate surface area is 168 Å². The fraction of sp³-hybridized carbons (Fsp3) is 0.409.